The number of aromatic nitrogens is 2. The summed E-state index contributed by atoms with van der Waals surface area (Å²) in [6, 6.07) is 9.27. The van der Waals surface area contributed by atoms with Crippen LogP contribution in [0.5, 0.6) is 5.75 Å². The van der Waals surface area contributed by atoms with Gasteiger partial charge in [0.15, 0.2) is 6.61 Å². The van der Waals surface area contributed by atoms with Crippen LogP contribution in [0.15, 0.2) is 42.7 Å². The minimum Gasteiger partial charge on any atom is -0.483 e. The van der Waals surface area contributed by atoms with E-state index in [1.165, 1.54) is 0 Å². The van der Waals surface area contributed by atoms with E-state index in [1.807, 2.05) is 30.5 Å². The van der Waals surface area contributed by atoms with E-state index in [2.05, 4.69) is 10.4 Å². The van der Waals surface area contributed by atoms with Crippen LogP contribution in [0.3, 0.4) is 0 Å². The standard InChI is InChI=1S/C14H18N4O2/c15-10-12-4-1-2-5-13(12)20-11-14(19)16-7-9-18-8-3-6-17-18/h1-6,8H,7,9-11,15H2,(H,16,19). The molecule has 0 aliphatic heterocycles. The summed E-state index contributed by atoms with van der Waals surface area (Å²) in [4.78, 5) is 11.6. The van der Waals surface area contributed by atoms with Crippen molar-refractivity contribution in [1.82, 2.24) is 15.1 Å². The summed E-state index contributed by atoms with van der Waals surface area (Å²) in [5, 5.41) is 6.82. The predicted octanol–water partition coefficient (Wildman–Crippen LogP) is 0.537. The van der Waals surface area contributed by atoms with Gasteiger partial charge in [-0.3, -0.25) is 9.48 Å². The fourth-order valence-electron chi connectivity index (χ4n) is 1.75. The SMILES string of the molecule is NCc1ccccc1OCC(=O)NCCn1cccn1. The highest BCUT2D eigenvalue weighted by Gasteiger charge is 2.05. The van der Waals surface area contributed by atoms with Crippen molar-refractivity contribution in [3.05, 3.63) is 48.3 Å². The predicted molar refractivity (Wildman–Crippen MR) is 75.1 cm³/mol. The maximum Gasteiger partial charge on any atom is 0.258 e. The van der Waals surface area contributed by atoms with Gasteiger partial charge in [0.05, 0.1) is 6.54 Å². The molecule has 0 atom stereocenters. The number of para-hydroxylation sites is 1. The molecule has 106 valence electrons. The third-order valence-electron chi connectivity index (χ3n) is 2.77. The molecule has 1 aromatic heterocycles. The number of hydrogen-bond acceptors (Lipinski definition) is 4. The molecule has 1 aromatic carbocycles. The van der Waals surface area contributed by atoms with Crippen LogP contribution in [0.25, 0.3) is 0 Å². The largest absolute Gasteiger partial charge is 0.483 e. The Hall–Kier alpha value is -2.34. The van der Waals surface area contributed by atoms with Crippen molar-refractivity contribution in [2.75, 3.05) is 13.2 Å². The summed E-state index contributed by atoms with van der Waals surface area (Å²) in [6.07, 6.45) is 3.55. The Bertz CT molecular complexity index is 540. The molecule has 0 radical (unpaired) electrons. The van der Waals surface area contributed by atoms with Crippen LogP contribution >= 0.6 is 0 Å². The van der Waals surface area contributed by atoms with E-state index >= 15 is 0 Å². The molecule has 0 aliphatic rings. The van der Waals surface area contributed by atoms with Crippen molar-refractivity contribution in [3.8, 4) is 5.75 Å². The highest BCUT2D eigenvalue weighted by Crippen LogP contribution is 2.16. The smallest absolute Gasteiger partial charge is 0.258 e. The zero-order valence-electron chi connectivity index (χ0n) is 11.2. The fraction of sp³-hybridized carbons (Fsp3) is 0.286. The quantitative estimate of drug-likeness (QED) is 0.772. The molecule has 0 fully saturated rings. The van der Waals surface area contributed by atoms with Gasteiger partial charge in [-0.2, -0.15) is 5.10 Å². The number of benzene rings is 1. The van der Waals surface area contributed by atoms with Crippen molar-refractivity contribution in [3.63, 3.8) is 0 Å². The monoisotopic (exact) mass is 274 g/mol. The average molecular weight is 274 g/mol. The number of rotatable bonds is 7. The molecule has 6 nitrogen and oxygen atoms in total. The lowest BCUT2D eigenvalue weighted by molar-refractivity contribution is -0.123. The Kier molecular flexibility index (Phi) is 5.14. The van der Waals surface area contributed by atoms with Gasteiger partial charge in [-0.25, -0.2) is 0 Å². The summed E-state index contributed by atoms with van der Waals surface area (Å²) in [7, 11) is 0. The number of nitrogens with zero attached hydrogens (tertiary/aromatic N) is 2. The molecule has 20 heavy (non-hydrogen) atoms. The normalized spacial score (nSPS) is 10.2. The molecule has 0 saturated heterocycles. The molecule has 1 amide bonds. The van der Waals surface area contributed by atoms with Gasteiger partial charge < -0.3 is 15.8 Å². The van der Waals surface area contributed by atoms with E-state index in [0.717, 1.165) is 5.56 Å². The van der Waals surface area contributed by atoms with Crippen LogP contribution in [0.4, 0.5) is 0 Å². The summed E-state index contributed by atoms with van der Waals surface area (Å²) in [6.45, 7) is 1.52. The van der Waals surface area contributed by atoms with Crippen molar-refractivity contribution < 1.29 is 9.53 Å². The van der Waals surface area contributed by atoms with Crippen LogP contribution in [-0.4, -0.2) is 28.8 Å². The lowest BCUT2D eigenvalue weighted by Crippen LogP contribution is -2.31. The topological polar surface area (TPSA) is 82.2 Å². The second kappa shape index (κ2) is 7.30. The first-order chi connectivity index (χ1) is 9.79. The van der Waals surface area contributed by atoms with Crippen LogP contribution in [0, 0.1) is 0 Å². The number of nitrogens with one attached hydrogen (secondary N) is 1. The van der Waals surface area contributed by atoms with Gasteiger partial charge in [-0.15, -0.1) is 0 Å². The zero-order chi connectivity index (χ0) is 14.2. The Labute approximate surface area is 117 Å². The van der Waals surface area contributed by atoms with E-state index in [4.69, 9.17) is 10.5 Å². The maximum atomic E-state index is 11.6. The zero-order valence-corrected chi connectivity index (χ0v) is 11.2. The van der Waals surface area contributed by atoms with Crippen LogP contribution < -0.4 is 15.8 Å². The lowest BCUT2D eigenvalue weighted by Gasteiger charge is -2.10. The van der Waals surface area contributed by atoms with Gasteiger partial charge >= 0.3 is 0 Å². The number of carbonyl (C=O) groups excluding carboxylic acids is 1. The second-order valence-electron chi connectivity index (χ2n) is 4.22. The molecule has 1 heterocycles. The number of amides is 1. The van der Waals surface area contributed by atoms with E-state index in [-0.39, 0.29) is 12.5 Å². The van der Waals surface area contributed by atoms with Gasteiger partial charge in [0.1, 0.15) is 5.75 Å². The van der Waals surface area contributed by atoms with Gasteiger partial charge in [0.2, 0.25) is 0 Å². The Morgan fingerprint density at radius 2 is 2.20 bits per heavy atom. The minimum absolute atomic E-state index is 0.0177. The molecule has 0 unspecified atom stereocenters. The van der Waals surface area contributed by atoms with E-state index < -0.39 is 0 Å². The average Bonchev–Trinajstić information content (AvgIpc) is 2.98. The van der Waals surface area contributed by atoms with Gasteiger partial charge in [-0.1, -0.05) is 18.2 Å². The fourth-order valence-corrected chi connectivity index (χ4v) is 1.75. The first-order valence-corrected chi connectivity index (χ1v) is 6.44. The van der Waals surface area contributed by atoms with Crippen LogP contribution in [0.2, 0.25) is 0 Å². The van der Waals surface area contributed by atoms with Crippen molar-refractivity contribution in [2.45, 2.75) is 13.1 Å². The molecule has 0 bridgehead atoms. The maximum absolute atomic E-state index is 11.6. The summed E-state index contributed by atoms with van der Waals surface area (Å²) < 4.78 is 7.22. The summed E-state index contributed by atoms with van der Waals surface area (Å²) in [5.74, 6) is 0.487. The lowest BCUT2D eigenvalue weighted by atomic mass is 10.2. The first-order valence-electron chi connectivity index (χ1n) is 6.44. The molecule has 6 heteroatoms. The summed E-state index contributed by atoms with van der Waals surface area (Å²) >= 11 is 0. The first kappa shape index (κ1) is 14.1. The second-order valence-corrected chi connectivity index (χ2v) is 4.22. The third-order valence-corrected chi connectivity index (χ3v) is 2.77. The molecule has 2 rings (SSSR count). The van der Waals surface area contributed by atoms with E-state index in [0.29, 0.717) is 25.4 Å². The van der Waals surface area contributed by atoms with Crippen molar-refractivity contribution >= 4 is 5.91 Å². The van der Waals surface area contributed by atoms with E-state index in [9.17, 15) is 4.79 Å². The highest BCUT2D eigenvalue weighted by atomic mass is 16.5. The number of nitrogens with two attached hydrogens (primary N) is 1. The van der Waals surface area contributed by atoms with Crippen molar-refractivity contribution in [2.24, 2.45) is 5.73 Å². The Balaban J connectivity index is 1.72. The number of ether oxygens (including phenoxy) is 1. The molecular weight excluding hydrogens is 256 g/mol. The third kappa shape index (κ3) is 4.10. The van der Waals surface area contributed by atoms with Crippen LogP contribution in [0.1, 0.15) is 5.56 Å². The van der Waals surface area contributed by atoms with Gasteiger partial charge in [-0.05, 0) is 12.1 Å². The number of hydrogen-bond donors (Lipinski definition) is 2. The molecular formula is C14H18N4O2. The molecule has 3 N–H and O–H groups in total. The number of carbonyl (C=O) groups is 1. The Morgan fingerprint density at radius 3 is 2.95 bits per heavy atom. The molecule has 0 aliphatic carbocycles. The van der Waals surface area contributed by atoms with Crippen molar-refractivity contribution in [1.29, 1.82) is 0 Å². The van der Waals surface area contributed by atoms with Crippen LogP contribution in [-0.2, 0) is 17.9 Å². The van der Waals surface area contributed by atoms with Gasteiger partial charge in [0, 0.05) is 31.0 Å². The Morgan fingerprint density at radius 1 is 1.35 bits per heavy atom. The molecule has 0 saturated carbocycles. The minimum atomic E-state index is -0.163. The molecule has 2 aromatic rings. The molecule has 0 spiro atoms. The van der Waals surface area contributed by atoms with Gasteiger partial charge in [0.25, 0.3) is 5.91 Å². The summed E-state index contributed by atoms with van der Waals surface area (Å²) in [5.41, 5.74) is 6.49. The highest BCUT2D eigenvalue weighted by molar-refractivity contribution is 5.77. The van der Waals surface area contributed by atoms with E-state index in [1.54, 1.807) is 16.9 Å².